The molecule has 5 heteroatoms. The predicted octanol–water partition coefficient (Wildman–Crippen LogP) is 3.25. The first-order chi connectivity index (χ1) is 13.0. The minimum atomic E-state index is -0.574. The van der Waals surface area contributed by atoms with Crippen LogP contribution in [0.15, 0.2) is 54.6 Å². The lowest BCUT2D eigenvalue weighted by molar-refractivity contribution is -0.132. The van der Waals surface area contributed by atoms with Crippen molar-refractivity contribution in [1.29, 1.82) is 0 Å². The largest absolute Gasteiger partial charge is 0.497 e. The third-order valence-corrected chi connectivity index (χ3v) is 5.16. The second-order valence-electron chi connectivity index (χ2n) is 7.29. The maximum absolute atomic E-state index is 12.8. The highest BCUT2D eigenvalue weighted by molar-refractivity contribution is 5.95. The summed E-state index contributed by atoms with van der Waals surface area (Å²) in [5.74, 6) is 0.674. The molecular formula is C22H26N2O3. The summed E-state index contributed by atoms with van der Waals surface area (Å²) in [5, 5.41) is 3.03. The molecule has 0 saturated carbocycles. The van der Waals surface area contributed by atoms with E-state index in [2.05, 4.69) is 5.32 Å². The summed E-state index contributed by atoms with van der Waals surface area (Å²) >= 11 is 0. The number of hydrogen-bond acceptors (Lipinski definition) is 3. The number of ether oxygens (including phenoxy) is 1. The van der Waals surface area contributed by atoms with E-state index in [4.69, 9.17) is 4.74 Å². The number of amides is 2. The van der Waals surface area contributed by atoms with E-state index in [9.17, 15) is 9.59 Å². The first kappa shape index (κ1) is 19.0. The van der Waals surface area contributed by atoms with Crippen LogP contribution in [0.3, 0.4) is 0 Å². The second-order valence-corrected chi connectivity index (χ2v) is 7.29. The van der Waals surface area contributed by atoms with Crippen molar-refractivity contribution in [2.24, 2.45) is 5.41 Å². The molecule has 0 spiro atoms. The highest BCUT2D eigenvalue weighted by Crippen LogP contribution is 2.31. The molecule has 1 atom stereocenters. The minimum Gasteiger partial charge on any atom is -0.497 e. The topological polar surface area (TPSA) is 58.6 Å². The Kier molecular flexibility index (Phi) is 5.79. The number of likely N-dealkylation sites (tertiary alicyclic amines) is 1. The highest BCUT2D eigenvalue weighted by atomic mass is 16.5. The highest BCUT2D eigenvalue weighted by Gasteiger charge is 2.39. The number of nitrogens with zero attached hydrogens (tertiary/aromatic N) is 1. The van der Waals surface area contributed by atoms with Crippen LogP contribution in [0.1, 0.15) is 35.7 Å². The molecule has 0 radical (unpaired) electrons. The van der Waals surface area contributed by atoms with Gasteiger partial charge in [-0.05, 0) is 49.6 Å². The molecule has 0 bridgehead atoms. The molecule has 0 aromatic heterocycles. The molecule has 1 aliphatic heterocycles. The molecule has 2 aromatic carbocycles. The van der Waals surface area contributed by atoms with Gasteiger partial charge >= 0.3 is 0 Å². The van der Waals surface area contributed by atoms with E-state index in [-0.39, 0.29) is 11.8 Å². The van der Waals surface area contributed by atoms with Crippen molar-refractivity contribution in [1.82, 2.24) is 10.2 Å². The van der Waals surface area contributed by atoms with E-state index in [1.165, 1.54) is 0 Å². The first-order valence-corrected chi connectivity index (χ1v) is 9.27. The van der Waals surface area contributed by atoms with Gasteiger partial charge in [-0.3, -0.25) is 9.59 Å². The minimum absolute atomic E-state index is 0.00131. The number of hydrogen-bond donors (Lipinski definition) is 1. The zero-order chi connectivity index (χ0) is 19.3. The Morgan fingerprint density at radius 3 is 2.48 bits per heavy atom. The Morgan fingerprint density at radius 1 is 1.11 bits per heavy atom. The van der Waals surface area contributed by atoms with Gasteiger partial charge in [-0.2, -0.15) is 0 Å². The fourth-order valence-corrected chi connectivity index (χ4v) is 3.51. The third kappa shape index (κ3) is 4.48. The van der Waals surface area contributed by atoms with E-state index in [0.717, 1.165) is 24.2 Å². The lowest BCUT2D eigenvalue weighted by Gasteiger charge is -2.39. The van der Waals surface area contributed by atoms with Crippen molar-refractivity contribution < 1.29 is 14.3 Å². The summed E-state index contributed by atoms with van der Waals surface area (Å²) < 4.78 is 5.14. The van der Waals surface area contributed by atoms with Gasteiger partial charge in [0.2, 0.25) is 5.91 Å². The average Bonchev–Trinajstić information content (AvgIpc) is 2.72. The third-order valence-electron chi connectivity index (χ3n) is 5.16. The molecule has 0 aliphatic carbocycles. The number of methoxy groups -OCH3 is 1. The Balaban J connectivity index is 1.64. The molecule has 27 heavy (non-hydrogen) atoms. The standard InChI is InChI=1S/C22H26N2O3/c1-22(21(26)23-15-17-7-4-3-5-8-17)13-6-14-24(16-22)20(25)18-9-11-19(27-2)12-10-18/h3-5,7-12H,6,13-16H2,1-2H3,(H,23,26)/t22-/m1/s1. The number of carbonyl (C=O) groups excluding carboxylic acids is 2. The fourth-order valence-electron chi connectivity index (χ4n) is 3.51. The van der Waals surface area contributed by atoms with Crippen molar-refractivity contribution in [3.05, 3.63) is 65.7 Å². The maximum Gasteiger partial charge on any atom is 0.253 e. The number of rotatable bonds is 5. The molecule has 0 unspecified atom stereocenters. The zero-order valence-electron chi connectivity index (χ0n) is 15.9. The number of carbonyl (C=O) groups is 2. The van der Waals surface area contributed by atoms with Crippen molar-refractivity contribution in [2.75, 3.05) is 20.2 Å². The maximum atomic E-state index is 12.8. The average molecular weight is 366 g/mol. The van der Waals surface area contributed by atoms with Crippen LogP contribution in [-0.2, 0) is 11.3 Å². The predicted molar refractivity (Wildman–Crippen MR) is 105 cm³/mol. The molecule has 1 fully saturated rings. The van der Waals surface area contributed by atoms with Gasteiger partial charge in [-0.15, -0.1) is 0 Å². The van der Waals surface area contributed by atoms with E-state index in [1.54, 1.807) is 36.3 Å². The van der Waals surface area contributed by atoms with Gasteiger partial charge in [0.15, 0.2) is 0 Å². The Labute approximate surface area is 160 Å². The van der Waals surface area contributed by atoms with E-state index >= 15 is 0 Å². The second kappa shape index (κ2) is 8.25. The number of nitrogens with one attached hydrogen (secondary N) is 1. The summed E-state index contributed by atoms with van der Waals surface area (Å²) in [6.45, 7) is 3.55. The Hall–Kier alpha value is -2.82. The van der Waals surface area contributed by atoms with E-state index in [0.29, 0.717) is 25.2 Å². The lowest BCUT2D eigenvalue weighted by atomic mass is 9.80. The van der Waals surface area contributed by atoms with Crippen LogP contribution in [0, 0.1) is 5.41 Å². The molecule has 1 saturated heterocycles. The van der Waals surface area contributed by atoms with Gasteiger partial charge in [-0.25, -0.2) is 0 Å². The molecule has 5 nitrogen and oxygen atoms in total. The smallest absolute Gasteiger partial charge is 0.253 e. The Morgan fingerprint density at radius 2 is 1.81 bits per heavy atom. The van der Waals surface area contributed by atoms with Gasteiger partial charge in [0, 0.05) is 25.2 Å². The Bertz CT molecular complexity index is 789. The molecule has 1 heterocycles. The summed E-state index contributed by atoms with van der Waals surface area (Å²) in [6.07, 6.45) is 1.59. The van der Waals surface area contributed by atoms with Gasteiger partial charge in [0.25, 0.3) is 5.91 Å². The summed E-state index contributed by atoms with van der Waals surface area (Å²) in [6, 6.07) is 16.9. The number of benzene rings is 2. The fraction of sp³-hybridized carbons (Fsp3) is 0.364. The van der Waals surface area contributed by atoms with Gasteiger partial charge < -0.3 is 15.0 Å². The molecule has 2 aromatic rings. The van der Waals surface area contributed by atoms with Crippen LogP contribution in [0.25, 0.3) is 0 Å². The van der Waals surface area contributed by atoms with Crippen LogP contribution < -0.4 is 10.1 Å². The van der Waals surface area contributed by atoms with E-state index < -0.39 is 5.41 Å². The van der Waals surface area contributed by atoms with Gasteiger partial charge in [-0.1, -0.05) is 30.3 Å². The number of piperidine rings is 1. The van der Waals surface area contributed by atoms with Crippen LogP contribution in [0.4, 0.5) is 0 Å². The van der Waals surface area contributed by atoms with Gasteiger partial charge in [0.05, 0.1) is 12.5 Å². The molecule has 1 aliphatic rings. The lowest BCUT2D eigenvalue weighted by Crippen LogP contribution is -2.51. The van der Waals surface area contributed by atoms with Crippen molar-refractivity contribution in [2.45, 2.75) is 26.3 Å². The molecule has 1 N–H and O–H groups in total. The summed E-state index contributed by atoms with van der Waals surface area (Å²) in [7, 11) is 1.60. The molecular weight excluding hydrogens is 340 g/mol. The van der Waals surface area contributed by atoms with E-state index in [1.807, 2.05) is 37.3 Å². The summed E-state index contributed by atoms with van der Waals surface area (Å²) in [5.41, 5.74) is 1.11. The van der Waals surface area contributed by atoms with Crippen LogP contribution >= 0.6 is 0 Å². The quantitative estimate of drug-likeness (QED) is 0.884. The molecule has 3 rings (SSSR count). The van der Waals surface area contributed by atoms with Crippen molar-refractivity contribution >= 4 is 11.8 Å². The first-order valence-electron chi connectivity index (χ1n) is 9.27. The molecule has 142 valence electrons. The van der Waals surface area contributed by atoms with Crippen LogP contribution in [-0.4, -0.2) is 36.9 Å². The zero-order valence-corrected chi connectivity index (χ0v) is 15.9. The van der Waals surface area contributed by atoms with Crippen LogP contribution in [0.5, 0.6) is 5.75 Å². The molecule has 2 amide bonds. The summed E-state index contributed by atoms with van der Waals surface area (Å²) in [4.78, 5) is 27.4. The van der Waals surface area contributed by atoms with Crippen molar-refractivity contribution in [3.63, 3.8) is 0 Å². The van der Waals surface area contributed by atoms with Crippen LogP contribution in [0.2, 0.25) is 0 Å². The van der Waals surface area contributed by atoms with Crippen molar-refractivity contribution in [3.8, 4) is 5.75 Å². The van der Waals surface area contributed by atoms with Gasteiger partial charge in [0.1, 0.15) is 5.75 Å². The monoisotopic (exact) mass is 366 g/mol. The SMILES string of the molecule is COc1ccc(C(=O)N2CCC[C@@](C)(C(=O)NCc3ccccc3)C2)cc1. The normalized spacial score (nSPS) is 19.4.